The molecule has 1 aromatic rings. The van der Waals surface area contributed by atoms with Crippen LogP contribution in [0.15, 0.2) is 24.3 Å². The average molecular weight is 331 g/mol. The van der Waals surface area contributed by atoms with Crippen LogP contribution < -0.4 is 15.0 Å². The van der Waals surface area contributed by atoms with Crippen LogP contribution in [0.25, 0.3) is 0 Å². The number of amides is 3. The van der Waals surface area contributed by atoms with E-state index >= 15 is 0 Å². The van der Waals surface area contributed by atoms with E-state index < -0.39 is 0 Å². The molecular formula is C18H25N3O3. The van der Waals surface area contributed by atoms with Gasteiger partial charge in [-0.15, -0.1) is 0 Å². The van der Waals surface area contributed by atoms with Gasteiger partial charge in [-0.25, -0.2) is 4.79 Å². The molecule has 6 nitrogen and oxygen atoms in total. The number of carbonyl (C=O) groups is 2. The summed E-state index contributed by atoms with van der Waals surface area (Å²) < 4.78 is 5.22. The summed E-state index contributed by atoms with van der Waals surface area (Å²) in [5.74, 6) is 0.746. The number of piperidine rings is 1. The van der Waals surface area contributed by atoms with Crippen molar-refractivity contribution in [3.05, 3.63) is 24.3 Å². The topological polar surface area (TPSA) is 61.9 Å². The minimum absolute atomic E-state index is 0.0280. The van der Waals surface area contributed by atoms with Gasteiger partial charge in [0.1, 0.15) is 5.75 Å². The van der Waals surface area contributed by atoms with Crippen molar-refractivity contribution < 1.29 is 14.3 Å². The molecule has 0 spiro atoms. The highest BCUT2D eigenvalue weighted by Gasteiger charge is 2.33. The monoisotopic (exact) mass is 331 g/mol. The smallest absolute Gasteiger partial charge is 0.317 e. The minimum atomic E-state index is -0.148. The predicted molar refractivity (Wildman–Crippen MR) is 92.3 cm³/mol. The van der Waals surface area contributed by atoms with E-state index in [1.54, 1.807) is 12.0 Å². The van der Waals surface area contributed by atoms with Crippen LogP contribution in [0.1, 0.15) is 32.6 Å². The van der Waals surface area contributed by atoms with Crippen LogP contribution in [-0.4, -0.2) is 49.1 Å². The second-order valence-corrected chi connectivity index (χ2v) is 6.59. The molecule has 0 aliphatic carbocycles. The Morgan fingerprint density at radius 3 is 2.92 bits per heavy atom. The Labute approximate surface area is 142 Å². The molecule has 2 saturated heterocycles. The molecule has 3 amide bonds. The zero-order valence-corrected chi connectivity index (χ0v) is 14.3. The third kappa shape index (κ3) is 3.47. The number of ether oxygens (including phenoxy) is 1. The molecule has 1 N–H and O–H groups in total. The predicted octanol–water partition coefficient (Wildman–Crippen LogP) is 2.38. The number of nitrogens with zero attached hydrogens (tertiary/aromatic N) is 2. The maximum absolute atomic E-state index is 12.5. The van der Waals surface area contributed by atoms with E-state index in [0.29, 0.717) is 13.0 Å². The highest BCUT2D eigenvalue weighted by Crippen LogP contribution is 2.25. The number of rotatable bonds is 3. The Bertz CT molecular complexity index is 619. The van der Waals surface area contributed by atoms with Crippen molar-refractivity contribution in [1.82, 2.24) is 10.2 Å². The maximum Gasteiger partial charge on any atom is 0.317 e. The molecule has 2 fully saturated rings. The van der Waals surface area contributed by atoms with E-state index in [1.165, 1.54) is 6.42 Å². The van der Waals surface area contributed by atoms with Gasteiger partial charge >= 0.3 is 6.03 Å². The second-order valence-electron chi connectivity index (χ2n) is 6.59. The lowest BCUT2D eigenvalue weighted by molar-refractivity contribution is -0.117. The molecule has 0 radical (unpaired) electrons. The number of hydrogen-bond donors (Lipinski definition) is 1. The van der Waals surface area contributed by atoms with Gasteiger partial charge in [-0.2, -0.15) is 0 Å². The fraction of sp³-hybridized carbons (Fsp3) is 0.556. The summed E-state index contributed by atoms with van der Waals surface area (Å²) in [4.78, 5) is 28.4. The molecule has 130 valence electrons. The second kappa shape index (κ2) is 7.11. The first-order valence-corrected chi connectivity index (χ1v) is 8.60. The molecule has 2 heterocycles. The molecule has 6 heteroatoms. The number of carbonyl (C=O) groups excluding carboxylic acids is 2. The average Bonchev–Trinajstić information content (AvgIpc) is 2.95. The maximum atomic E-state index is 12.5. The molecule has 0 unspecified atom stereocenters. The molecule has 0 aromatic heterocycles. The summed E-state index contributed by atoms with van der Waals surface area (Å²) in [7, 11) is 1.60. The molecule has 2 atom stereocenters. The molecular weight excluding hydrogens is 306 g/mol. The third-order valence-corrected chi connectivity index (χ3v) is 4.88. The van der Waals surface area contributed by atoms with Crippen molar-refractivity contribution in [1.29, 1.82) is 0 Å². The van der Waals surface area contributed by atoms with Gasteiger partial charge in [0.25, 0.3) is 0 Å². The van der Waals surface area contributed by atoms with E-state index in [1.807, 2.05) is 29.2 Å². The summed E-state index contributed by atoms with van der Waals surface area (Å²) in [6.45, 7) is 3.38. The molecule has 2 aliphatic heterocycles. The van der Waals surface area contributed by atoms with Gasteiger partial charge in [-0.3, -0.25) is 4.79 Å². The lowest BCUT2D eigenvalue weighted by Gasteiger charge is -2.34. The molecule has 0 bridgehead atoms. The summed E-state index contributed by atoms with van der Waals surface area (Å²) in [5.41, 5.74) is 0.808. The first-order chi connectivity index (χ1) is 11.6. The van der Waals surface area contributed by atoms with Crippen molar-refractivity contribution in [3.63, 3.8) is 0 Å². The van der Waals surface area contributed by atoms with E-state index in [9.17, 15) is 9.59 Å². The van der Waals surface area contributed by atoms with Gasteiger partial charge in [0, 0.05) is 37.3 Å². The number of hydrogen-bond acceptors (Lipinski definition) is 3. The highest BCUT2D eigenvalue weighted by molar-refractivity contribution is 5.97. The summed E-state index contributed by atoms with van der Waals surface area (Å²) in [6.07, 6.45) is 3.62. The number of methoxy groups -OCH3 is 1. The lowest BCUT2D eigenvalue weighted by Crippen LogP contribution is -2.50. The number of urea groups is 1. The molecule has 0 saturated carbocycles. The fourth-order valence-electron chi connectivity index (χ4n) is 3.49. The molecule has 1 aromatic carbocycles. The first-order valence-electron chi connectivity index (χ1n) is 8.60. The standard InChI is InChI=1S/C18H25N3O3/c1-13-6-3-4-9-20(13)18(23)19-14-10-17(22)21(12-14)15-7-5-8-16(11-15)24-2/h5,7-8,11,13-14H,3-4,6,9-10,12H2,1-2H3,(H,19,23)/t13-,14-/m1/s1. The van der Waals surface area contributed by atoms with E-state index in [4.69, 9.17) is 4.74 Å². The molecule has 24 heavy (non-hydrogen) atoms. The minimum Gasteiger partial charge on any atom is -0.497 e. The first kappa shape index (κ1) is 16.6. The van der Waals surface area contributed by atoms with E-state index in [2.05, 4.69) is 12.2 Å². The van der Waals surface area contributed by atoms with Crippen molar-refractivity contribution in [2.45, 2.75) is 44.7 Å². The van der Waals surface area contributed by atoms with Gasteiger partial charge < -0.3 is 19.9 Å². The van der Waals surface area contributed by atoms with Crippen LogP contribution in [0.4, 0.5) is 10.5 Å². The van der Waals surface area contributed by atoms with Crippen LogP contribution in [0.2, 0.25) is 0 Å². The van der Waals surface area contributed by atoms with Crippen LogP contribution in [0, 0.1) is 0 Å². The summed E-state index contributed by atoms with van der Waals surface area (Å²) in [5, 5.41) is 3.03. The van der Waals surface area contributed by atoms with Crippen LogP contribution >= 0.6 is 0 Å². The zero-order valence-electron chi connectivity index (χ0n) is 14.3. The largest absolute Gasteiger partial charge is 0.497 e. The van der Waals surface area contributed by atoms with Gasteiger partial charge in [0.2, 0.25) is 5.91 Å². The van der Waals surface area contributed by atoms with Crippen molar-refractivity contribution in [2.75, 3.05) is 25.1 Å². The van der Waals surface area contributed by atoms with E-state index in [-0.39, 0.29) is 24.0 Å². The number of anilines is 1. The fourth-order valence-corrected chi connectivity index (χ4v) is 3.49. The Morgan fingerprint density at radius 1 is 1.33 bits per heavy atom. The zero-order chi connectivity index (χ0) is 17.1. The normalized spacial score (nSPS) is 24.2. The number of benzene rings is 1. The van der Waals surface area contributed by atoms with Gasteiger partial charge in [0.05, 0.1) is 13.2 Å². The quantitative estimate of drug-likeness (QED) is 0.925. The molecule has 2 aliphatic rings. The Kier molecular flexibility index (Phi) is 4.92. The molecule has 3 rings (SSSR count). The SMILES string of the molecule is COc1cccc(N2C[C@H](NC(=O)N3CCCC[C@H]3C)CC2=O)c1. The van der Waals surface area contributed by atoms with Crippen LogP contribution in [0.5, 0.6) is 5.75 Å². The lowest BCUT2D eigenvalue weighted by atomic mass is 10.0. The summed E-state index contributed by atoms with van der Waals surface area (Å²) >= 11 is 0. The Hall–Kier alpha value is -2.24. The van der Waals surface area contributed by atoms with Crippen molar-refractivity contribution in [3.8, 4) is 5.75 Å². The summed E-state index contributed by atoms with van der Waals surface area (Å²) in [6, 6.07) is 7.51. The number of likely N-dealkylation sites (tertiary alicyclic amines) is 1. The number of nitrogens with one attached hydrogen (secondary N) is 1. The van der Waals surface area contributed by atoms with E-state index in [0.717, 1.165) is 30.8 Å². The van der Waals surface area contributed by atoms with Gasteiger partial charge in [-0.1, -0.05) is 6.07 Å². The van der Waals surface area contributed by atoms with Crippen LogP contribution in [0.3, 0.4) is 0 Å². The third-order valence-electron chi connectivity index (χ3n) is 4.88. The van der Waals surface area contributed by atoms with Gasteiger partial charge in [0.15, 0.2) is 0 Å². The highest BCUT2D eigenvalue weighted by atomic mass is 16.5. The van der Waals surface area contributed by atoms with Gasteiger partial charge in [-0.05, 0) is 38.3 Å². The van der Waals surface area contributed by atoms with Crippen molar-refractivity contribution in [2.24, 2.45) is 0 Å². The van der Waals surface area contributed by atoms with Crippen molar-refractivity contribution >= 4 is 17.6 Å². The van der Waals surface area contributed by atoms with Crippen LogP contribution in [-0.2, 0) is 4.79 Å². The Morgan fingerprint density at radius 2 is 2.17 bits per heavy atom. The Balaban J connectivity index is 1.63.